The summed E-state index contributed by atoms with van der Waals surface area (Å²) in [5.41, 5.74) is 3.00. The van der Waals surface area contributed by atoms with Gasteiger partial charge in [0.15, 0.2) is 5.82 Å². The van der Waals surface area contributed by atoms with Gasteiger partial charge in [-0.1, -0.05) is 31.5 Å². The summed E-state index contributed by atoms with van der Waals surface area (Å²) in [5.74, 6) is 0.512. The maximum Gasteiger partial charge on any atom is 0.228 e. The van der Waals surface area contributed by atoms with Crippen molar-refractivity contribution < 1.29 is 4.79 Å². The van der Waals surface area contributed by atoms with Gasteiger partial charge in [0, 0.05) is 34.0 Å². The van der Waals surface area contributed by atoms with Crippen LogP contribution in [0.5, 0.6) is 0 Å². The van der Waals surface area contributed by atoms with Gasteiger partial charge in [-0.05, 0) is 48.7 Å². The highest BCUT2D eigenvalue weighted by Gasteiger charge is 2.34. The third kappa shape index (κ3) is 4.44. The van der Waals surface area contributed by atoms with Gasteiger partial charge in [0.1, 0.15) is 0 Å². The van der Waals surface area contributed by atoms with Crippen molar-refractivity contribution in [3.05, 3.63) is 47.0 Å². The van der Waals surface area contributed by atoms with Crippen LogP contribution in [0.1, 0.15) is 32.3 Å². The molecule has 1 amide bonds. The maximum absolute atomic E-state index is 12.6. The summed E-state index contributed by atoms with van der Waals surface area (Å²) in [6.45, 7) is 4.22. The van der Waals surface area contributed by atoms with Crippen LogP contribution >= 0.6 is 24.0 Å². The van der Waals surface area contributed by atoms with Crippen molar-refractivity contribution in [2.75, 3.05) is 5.32 Å². The second-order valence-corrected chi connectivity index (χ2v) is 8.22. The van der Waals surface area contributed by atoms with Gasteiger partial charge in [0.05, 0.1) is 17.1 Å². The van der Waals surface area contributed by atoms with Gasteiger partial charge in [-0.25, -0.2) is 0 Å². The number of nitrogens with one attached hydrogen (secondary N) is 3. The van der Waals surface area contributed by atoms with E-state index in [4.69, 9.17) is 16.9 Å². The van der Waals surface area contributed by atoms with E-state index in [-0.39, 0.29) is 24.2 Å². The Balaban J connectivity index is 0.00000256. The topological polar surface area (TPSA) is 93.6 Å². The summed E-state index contributed by atoms with van der Waals surface area (Å²) in [5, 5.41) is 24.2. The molecule has 0 atom stereocenters. The first-order chi connectivity index (χ1) is 13.9. The minimum absolute atomic E-state index is 0. The summed E-state index contributed by atoms with van der Waals surface area (Å²) in [7, 11) is 0. The van der Waals surface area contributed by atoms with Crippen LogP contribution < -0.4 is 10.6 Å². The second-order valence-electron chi connectivity index (χ2n) is 7.81. The lowest BCUT2D eigenvalue weighted by Gasteiger charge is -2.36. The minimum atomic E-state index is -0.00452. The smallest absolute Gasteiger partial charge is 0.228 e. The number of nitriles is 1. The average Bonchev–Trinajstić information content (AvgIpc) is 3.06. The number of benzene rings is 2. The molecule has 0 radical (unpaired) electrons. The summed E-state index contributed by atoms with van der Waals surface area (Å²) < 4.78 is 0. The van der Waals surface area contributed by atoms with Crippen LogP contribution in [0.2, 0.25) is 5.02 Å². The van der Waals surface area contributed by atoms with E-state index in [2.05, 4.69) is 40.7 Å². The van der Waals surface area contributed by atoms with Gasteiger partial charge in [-0.15, -0.1) is 12.4 Å². The first-order valence-electron chi connectivity index (χ1n) is 9.69. The van der Waals surface area contributed by atoms with Crippen LogP contribution in [0, 0.1) is 17.2 Å². The Kier molecular flexibility index (Phi) is 6.67. The third-order valence-corrected chi connectivity index (χ3v) is 5.62. The lowest BCUT2D eigenvalue weighted by molar-refractivity contribution is -0.123. The van der Waals surface area contributed by atoms with E-state index in [1.165, 1.54) is 0 Å². The van der Waals surface area contributed by atoms with E-state index in [1.54, 1.807) is 18.2 Å². The number of anilines is 1. The number of H-pyrrole nitrogens is 1. The van der Waals surface area contributed by atoms with Crippen molar-refractivity contribution in [2.45, 2.75) is 38.8 Å². The van der Waals surface area contributed by atoms with E-state index < -0.39 is 0 Å². The molecule has 4 rings (SSSR count). The van der Waals surface area contributed by atoms with E-state index >= 15 is 0 Å². The SMILES string of the molecule is CC(C)NC1CC(C(=O)Nc2n[nH]c3ccc(-c4cc(C#N)ccc4Cl)cc23)C1.Cl. The molecule has 1 aliphatic rings. The molecule has 2 aromatic carbocycles. The van der Waals surface area contributed by atoms with Crippen LogP contribution in [-0.4, -0.2) is 28.2 Å². The molecule has 8 heteroatoms. The Hall–Kier alpha value is -2.59. The molecule has 1 heterocycles. The van der Waals surface area contributed by atoms with Crippen LogP contribution in [-0.2, 0) is 4.79 Å². The Morgan fingerprint density at radius 3 is 2.73 bits per heavy atom. The maximum atomic E-state index is 12.6. The fourth-order valence-corrected chi connectivity index (χ4v) is 3.98. The molecule has 3 aromatic rings. The zero-order chi connectivity index (χ0) is 20.5. The number of hydrogen-bond donors (Lipinski definition) is 3. The summed E-state index contributed by atoms with van der Waals surface area (Å²) in [6, 6.07) is 13.9. The van der Waals surface area contributed by atoms with Crippen LogP contribution in [0.4, 0.5) is 5.82 Å². The highest BCUT2D eigenvalue weighted by molar-refractivity contribution is 6.33. The summed E-state index contributed by atoms with van der Waals surface area (Å²) in [6.07, 6.45) is 1.68. The summed E-state index contributed by atoms with van der Waals surface area (Å²) >= 11 is 6.35. The molecule has 30 heavy (non-hydrogen) atoms. The van der Waals surface area contributed by atoms with Crippen molar-refractivity contribution in [3.8, 4) is 17.2 Å². The molecule has 3 N–H and O–H groups in total. The van der Waals surface area contributed by atoms with E-state index in [0.717, 1.165) is 34.9 Å². The Bertz CT molecular complexity index is 1110. The Morgan fingerprint density at radius 1 is 1.27 bits per heavy atom. The molecule has 1 aliphatic carbocycles. The number of rotatable bonds is 5. The predicted molar refractivity (Wildman–Crippen MR) is 122 cm³/mol. The summed E-state index contributed by atoms with van der Waals surface area (Å²) in [4.78, 5) is 12.6. The van der Waals surface area contributed by atoms with Gasteiger partial charge in [-0.3, -0.25) is 9.89 Å². The normalized spacial score (nSPS) is 17.8. The molecule has 0 unspecified atom stereocenters. The number of halogens is 2. The van der Waals surface area contributed by atoms with Crippen LogP contribution in [0.25, 0.3) is 22.0 Å². The lowest BCUT2D eigenvalue weighted by Crippen LogP contribution is -2.48. The number of amides is 1. The van der Waals surface area contributed by atoms with Gasteiger partial charge in [0.25, 0.3) is 0 Å². The number of hydrogen-bond acceptors (Lipinski definition) is 4. The van der Waals surface area contributed by atoms with Gasteiger partial charge < -0.3 is 10.6 Å². The predicted octanol–water partition coefficient (Wildman–Crippen LogP) is 4.89. The number of fused-ring (bicyclic) bond motifs is 1. The second kappa shape index (κ2) is 9.05. The molecule has 0 spiro atoms. The number of carbonyl (C=O) groups excluding carboxylic acids is 1. The molecule has 0 aliphatic heterocycles. The van der Waals surface area contributed by atoms with Gasteiger partial charge >= 0.3 is 0 Å². The highest BCUT2D eigenvalue weighted by Crippen LogP contribution is 2.34. The van der Waals surface area contributed by atoms with Gasteiger partial charge in [0.2, 0.25) is 5.91 Å². The quantitative estimate of drug-likeness (QED) is 0.522. The molecular formula is C22H23Cl2N5O. The number of nitrogens with zero attached hydrogens (tertiary/aromatic N) is 2. The molecule has 0 saturated heterocycles. The fourth-order valence-electron chi connectivity index (χ4n) is 3.75. The molecule has 1 saturated carbocycles. The molecule has 6 nitrogen and oxygen atoms in total. The molecular weight excluding hydrogens is 421 g/mol. The lowest BCUT2D eigenvalue weighted by atomic mass is 9.79. The van der Waals surface area contributed by atoms with Crippen molar-refractivity contribution >= 4 is 46.6 Å². The number of aromatic nitrogens is 2. The molecule has 0 bridgehead atoms. The third-order valence-electron chi connectivity index (χ3n) is 5.29. The van der Waals surface area contributed by atoms with Gasteiger partial charge in [-0.2, -0.15) is 10.4 Å². The van der Waals surface area contributed by atoms with Crippen molar-refractivity contribution in [1.29, 1.82) is 5.26 Å². The zero-order valence-electron chi connectivity index (χ0n) is 16.7. The van der Waals surface area contributed by atoms with E-state index in [1.807, 2.05) is 18.2 Å². The Labute approximate surface area is 186 Å². The number of aromatic amines is 1. The van der Waals surface area contributed by atoms with Crippen molar-refractivity contribution in [3.63, 3.8) is 0 Å². The first kappa shape index (κ1) is 22.1. The first-order valence-corrected chi connectivity index (χ1v) is 10.1. The average molecular weight is 444 g/mol. The Morgan fingerprint density at radius 2 is 2.03 bits per heavy atom. The monoisotopic (exact) mass is 443 g/mol. The highest BCUT2D eigenvalue weighted by atomic mass is 35.5. The van der Waals surface area contributed by atoms with Crippen LogP contribution in [0.3, 0.4) is 0 Å². The van der Waals surface area contributed by atoms with Crippen molar-refractivity contribution in [1.82, 2.24) is 15.5 Å². The number of carbonyl (C=O) groups is 1. The molecule has 156 valence electrons. The standard InChI is InChI=1S/C22H22ClN5O.ClH/c1-12(2)25-16-8-15(9-16)22(29)26-21-18-10-14(4-6-20(18)27-28-21)17-7-13(11-24)3-5-19(17)23;/h3-7,10,12,15-16,25H,8-9H2,1-2H3,(H2,26,27,28,29);1H. The zero-order valence-corrected chi connectivity index (χ0v) is 18.3. The van der Waals surface area contributed by atoms with Crippen LogP contribution in [0.15, 0.2) is 36.4 Å². The van der Waals surface area contributed by atoms with Crippen molar-refractivity contribution in [2.24, 2.45) is 5.92 Å². The largest absolute Gasteiger partial charge is 0.312 e. The molecule has 1 aromatic heterocycles. The van der Waals surface area contributed by atoms with E-state index in [9.17, 15) is 4.79 Å². The minimum Gasteiger partial charge on any atom is -0.312 e. The molecule has 1 fully saturated rings. The van der Waals surface area contributed by atoms with E-state index in [0.29, 0.717) is 28.5 Å². The fraction of sp³-hybridized carbons (Fsp3) is 0.318.